The highest BCUT2D eigenvalue weighted by Crippen LogP contribution is 2.49. The van der Waals surface area contributed by atoms with Crippen LogP contribution in [-0.4, -0.2) is 64.3 Å². The summed E-state index contributed by atoms with van der Waals surface area (Å²) in [5.41, 5.74) is 1.13. The summed E-state index contributed by atoms with van der Waals surface area (Å²) in [4.78, 5) is 28.6. The molecule has 168 valence electrons. The Hall–Kier alpha value is -2.74. The van der Waals surface area contributed by atoms with Gasteiger partial charge < -0.3 is 28.6 Å². The van der Waals surface area contributed by atoms with Crippen molar-refractivity contribution in [3.8, 4) is 17.2 Å². The van der Waals surface area contributed by atoms with Gasteiger partial charge in [-0.05, 0) is 37.0 Å². The number of carbonyl (C=O) groups excluding carboxylic acids is 2. The topological polar surface area (TPSA) is 83.5 Å². The number of Topliss-reactive ketones (excluding diaryl/α,β-unsaturated/α-hetero) is 1. The molecule has 1 aromatic rings. The Morgan fingerprint density at radius 3 is 2.29 bits per heavy atom. The predicted octanol–water partition coefficient (Wildman–Crippen LogP) is 2.65. The molecule has 4 rings (SSSR count). The number of hydrogen-bond donors (Lipinski definition) is 0. The van der Waals surface area contributed by atoms with Crippen LogP contribution >= 0.6 is 0 Å². The standard InChI is InChI=1S/C23H29NO7/c1-27-10-9-24-19(13-11-16(28-2)21(30-4)17(12-13)29-3)18-20(25)14-7-5-6-8-15(14)31-22(18)23(24)26/h11-12,14-15,19H,5-10H2,1-4H3. The SMILES string of the molecule is COCCN1C(=O)C2=C(C(=O)C3CCCCC3O2)C1c1cc(OC)c(OC)c(OC)c1. The third-order valence-corrected chi connectivity index (χ3v) is 6.40. The van der Waals surface area contributed by atoms with Crippen molar-refractivity contribution in [1.82, 2.24) is 4.90 Å². The number of ketones is 1. The first-order valence-corrected chi connectivity index (χ1v) is 10.6. The summed E-state index contributed by atoms with van der Waals surface area (Å²) in [6.07, 6.45) is 3.37. The molecule has 0 saturated heterocycles. The number of methoxy groups -OCH3 is 4. The van der Waals surface area contributed by atoms with Crippen LogP contribution in [0.1, 0.15) is 37.3 Å². The molecule has 1 aliphatic carbocycles. The van der Waals surface area contributed by atoms with Crippen LogP contribution in [0.25, 0.3) is 0 Å². The molecule has 1 amide bonds. The Morgan fingerprint density at radius 1 is 1.00 bits per heavy atom. The van der Waals surface area contributed by atoms with Gasteiger partial charge in [0.05, 0.1) is 45.5 Å². The molecule has 0 radical (unpaired) electrons. The molecule has 3 atom stereocenters. The van der Waals surface area contributed by atoms with Gasteiger partial charge in [0.2, 0.25) is 5.75 Å². The molecule has 0 spiro atoms. The fraction of sp³-hybridized carbons (Fsp3) is 0.565. The van der Waals surface area contributed by atoms with Crippen molar-refractivity contribution in [3.05, 3.63) is 29.0 Å². The molecular formula is C23H29NO7. The summed E-state index contributed by atoms with van der Waals surface area (Å²) in [6.45, 7) is 0.671. The Morgan fingerprint density at radius 2 is 1.68 bits per heavy atom. The van der Waals surface area contributed by atoms with Gasteiger partial charge in [0, 0.05) is 13.7 Å². The van der Waals surface area contributed by atoms with Crippen molar-refractivity contribution in [3.63, 3.8) is 0 Å². The largest absolute Gasteiger partial charge is 0.493 e. The van der Waals surface area contributed by atoms with E-state index in [1.54, 1.807) is 24.1 Å². The van der Waals surface area contributed by atoms with Crippen LogP contribution in [0.2, 0.25) is 0 Å². The quantitative estimate of drug-likeness (QED) is 0.656. The molecule has 1 saturated carbocycles. The summed E-state index contributed by atoms with van der Waals surface area (Å²) in [6, 6.07) is 2.98. The van der Waals surface area contributed by atoms with Crippen LogP contribution in [0.15, 0.2) is 23.5 Å². The van der Waals surface area contributed by atoms with E-state index in [1.807, 2.05) is 0 Å². The Labute approximate surface area is 182 Å². The number of rotatable bonds is 7. The number of amides is 1. The molecule has 8 nitrogen and oxygen atoms in total. The lowest BCUT2D eigenvalue weighted by atomic mass is 9.77. The highest BCUT2D eigenvalue weighted by molar-refractivity contribution is 6.11. The molecule has 0 aromatic heterocycles. The van der Waals surface area contributed by atoms with Gasteiger partial charge in [-0.15, -0.1) is 0 Å². The number of fused-ring (bicyclic) bond motifs is 1. The molecule has 3 unspecified atom stereocenters. The summed E-state index contributed by atoms with van der Waals surface area (Å²) < 4.78 is 27.8. The van der Waals surface area contributed by atoms with E-state index < -0.39 is 6.04 Å². The normalized spacial score (nSPS) is 25.2. The number of carbonyl (C=O) groups is 2. The van der Waals surface area contributed by atoms with E-state index in [4.69, 9.17) is 23.7 Å². The number of benzene rings is 1. The monoisotopic (exact) mass is 431 g/mol. The number of nitrogens with zero attached hydrogens (tertiary/aromatic N) is 1. The first kappa shape index (κ1) is 21.5. The van der Waals surface area contributed by atoms with Gasteiger partial charge in [0.1, 0.15) is 6.10 Å². The van der Waals surface area contributed by atoms with Gasteiger partial charge >= 0.3 is 0 Å². The molecule has 31 heavy (non-hydrogen) atoms. The lowest BCUT2D eigenvalue weighted by Crippen LogP contribution is -2.39. The molecular weight excluding hydrogens is 402 g/mol. The lowest BCUT2D eigenvalue weighted by Gasteiger charge is -2.35. The maximum atomic E-state index is 13.6. The fourth-order valence-corrected chi connectivity index (χ4v) is 4.92. The van der Waals surface area contributed by atoms with Crippen molar-refractivity contribution in [2.24, 2.45) is 5.92 Å². The minimum atomic E-state index is -0.596. The Kier molecular flexibility index (Phi) is 6.09. The van der Waals surface area contributed by atoms with Crippen LogP contribution in [0, 0.1) is 5.92 Å². The first-order chi connectivity index (χ1) is 15.0. The highest BCUT2D eigenvalue weighted by atomic mass is 16.5. The van der Waals surface area contributed by atoms with Crippen molar-refractivity contribution in [2.45, 2.75) is 37.8 Å². The smallest absolute Gasteiger partial charge is 0.290 e. The Balaban J connectivity index is 1.84. The average Bonchev–Trinajstić information content (AvgIpc) is 3.08. The molecule has 2 heterocycles. The molecule has 0 N–H and O–H groups in total. The van der Waals surface area contributed by atoms with E-state index in [0.29, 0.717) is 41.5 Å². The highest BCUT2D eigenvalue weighted by Gasteiger charge is 2.52. The summed E-state index contributed by atoms with van der Waals surface area (Å²) in [5, 5.41) is 0. The van der Waals surface area contributed by atoms with Crippen LogP contribution in [0.3, 0.4) is 0 Å². The third kappa shape index (κ3) is 3.52. The van der Waals surface area contributed by atoms with Gasteiger partial charge in [-0.3, -0.25) is 9.59 Å². The molecule has 1 fully saturated rings. The van der Waals surface area contributed by atoms with Crippen molar-refractivity contribution >= 4 is 11.7 Å². The van der Waals surface area contributed by atoms with Crippen LogP contribution in [0.4, 0.5) is 0 Å². The van der Waals surface area contributed by atoms with Gasteiger partial charge in [0.15, 0.2) is 23.0 Å². The summed E-state index contributed by atoms with van der Waals surface area (Å²) in [7, 11) is 6.19. The van der Waals surface area contributed by atoms with E-state index >= 15 is 0 Å². The lowest BCUT2D eigenvalue weighted by molar-refractivity contribution is -0.135. The van der Waals surface area contributed by atoms with Crippen molar-refractivity contribution < 1.29 is 33.3 Å². The van der Waals surface area contributed by atoms with Crippen LogP contribution in [-0.2, 0) is 19.1 Å². The van der Waals surface area contributed by atoms with Gasteiger partial charge in [0.25, 0.3) is 5.91 Å². The molecule has 8 heteroatoms. The molecule has 3 aliphatic rings. The number of ether oxygens (including phenoxy) is 5. The van der Waals surface area contributed by atoms with Gasteiger partial charge in [-0.1, -0.05) is 6.42 Å². The average molecular weight is 431 g/mol. The van der Waals surface area contributed by atoms with E-state index in [-0.39, 0.29) is 29.5 Å². The minimum absolute atomic E-state index is 0.0120. The Bertz CT molecular complexity index is 884. The first-order valence-electron chi connectivity index (χ1n) is 10.6. The van der Waals surface area contributed by atoms with E-state index in [0.717, 1.165) is 25.7 Å². The maximum Gasteiger partial charge on any atom is 0.290 e. The zero-order valence-electron chi connectivity index (χ0n) is 18.4. The molecule has 2 aliphatic heterocycles. The van der Waals surface area contributed by atoms with Gasteiger partial charge in [-0.2, -0.15) is 0 Å². The second-order valence-corrected chi connectivity index (χ2v) is 8.01. The zero-order valence-corrected chi connectivity index (χ0v) is 18.4. The van der Waals surface area contributed by atoms with Crippen molar-refractivity contribution in [1.29, 1.82) is 0 Å². The fourth-order valence-electron chi connectivity index (χ4n) is 4.92. The van der Waals surface area contributed by atoms with E-state index in [1.165, 1.54) is 21.3 Å². The predicted molar refractivity (Wildman–Crippen MR) is 111 cm³/mol. The van der Waals surface area contributed by atoms with Crippen molar-refractivity contribution in [2.75, 3.05) is 41.6 Å². The third-order valence-electron chi connectivity index (χ3n) is 6.40. The molecule has 0 bridgehead atoms. The zero-order chi connectivity index (χ0) is 22.1. The molecule has 1 aromatic carbocycles. The van der Waals surface area contributed by atoms with Crippen LogP contribution < -0.4 is 14.2 Å². The summed E-state index contributed by atoms with van der Waals surface area (Å²) in [5.74, 6) is 1.10. The van der Waals surface area contributed by atoms with Gasteiger partial charge in [-0.25, -0.2) is 0 Å². The van der Waals surface area contributed by atoms with Crippen LogP contribution in [0.5, 0.6) is 17.2 Å². The number of hydrogen-bond acceptors (Lipinski definition) is 7. The second kappa shape index (κ2) is 8.78. The maximum absolute atomic E-state index is 13.6. The van der Waals surface area contributed by atoms with E-state index in [9.17, 15) is 9.59 Å². The second-order valence-electron chi connectivity index (χ2n) is 8.01. The van der Waals surface area contributed by atoms with E-state index in [2.05, 4.69) is 0 Å². The minimum Gasteiger partial charge on any atom is -0.493 e. The summed E-state index contributed by atoms with van der Waals surface area (Å²) >= 11 is 0.